The lowest BCUT2D eigenvalue weighted by atomic mass is 9.83. The Bertz CT molecular complexity index is 1160. The molecule has 0 bridgehead atoms. The van der Waals surface area contributed by atoms with Crippen molar-refractivity contribution in [2.24, 2.45) is 5.92 Å². The highest BCUT2D eigenvalue weighted by Crippen LogP contribution is 2.38. The molecule has 2 aliphatic heterocycles. The fraction of sp³-hybridized carbons (Fsp3) is 0.280. The number of non-ortho nitro benzene ring substituents is 1. The molecular weight excluding hydrogens is 418 g/mol. The number of carbonyl (C=O) groups is 1. The van der Waals surface area contributed by atoms with Crippen molar-refractivity contribution < 1.29 is 9.72 Å². The summed E-state index contributed by atoms with van der Waals surface area (Å²) in [6, 6.07) is 19.0. The summed E-state index contributed by atoms with van der Waals surface area (Å²) in [5.41, 5.74) is 3.99. The molecule has 8 nitrogen and oxygen atoms in total. The molecule has 1 amide bonds. The maximum atomic E-state index is 13.4. The summed E-state index contributed by atoms with van der Waals surface area (Å²) in [5.74, 6) is -0.358. The van der Waals surface area contributed by atoms with Crippen LogP contribution < -0.4 is 15.1 Å². The van der Waals surface area contributed by atoms with Gasteiger partial charge in [0.1, 0.15) is 0 Å². The van der Waals surface area contributed by atoms with E-state index in [0.29, 0.717) is 19.5 Å². The Hall–Kier alpha value is -3.94. The Morgan fingerprint density at radius 1 is 1.12 bits per heavy atom. The molecule has 8 heteroatoms. The fourth-order valence-corrected chi connectivity index (χ4v) is 4.92. The summed E-state index contributed by atoms with van der Waals surface area (Å²) in [7, 11) is 0. The van der Waals surface area contributed by atoms with Crippen molar-refractivity contribution in [3.63, 3.8) is 0 Å². The molecule has 0 radical (unpaired) electrons. The van der Waals surface area contributed by atoms with Gasteiger partial charge in [-0.3, -0.25) is 19.9 Å². The Balaban J connectivity index is 1.43. The number of nitrogens with one attached hydrogen (secondary N) is 1. The van der Waals surface area contributed by atoms with Crippen molar-refractivity contribution in [3.05, 3.63) is 94.3 Å². The van der Waals surface area contributed by atoms with Gasteiger partial charge in [-0.25, -0.2) is 0 Å². The molecule has 2 atom stereocenters. The zero-order valence-corrected chi connectivity index (χ0v) is 18.1. The number of carbonyl (C=O) groups excluding carboxylic acids is 1. The van der Waals surface area contributed by atoms with E-state index < -0.39 is 0 Å². The van der Waals surface area contributed by atoms with Crippen molar-refractivity contribution in [2.45, 2.75) is 19.0 Å². The number of rotatable bonds is 5. The van der Waals surface area contributed by atoms with Gasteiger partial charge in [0.15, 0.2) is 0 Å². The minimum atomic E-state index is -0.378. The van der Waals surface area contributed by atoms with Crippen molar-refractivity contribution in [2.75, 3.05) is 29.4 Å². The number of pyridine rings is 1. The predicted octanol–water partition coefficient (Wildman–Crippen LogP) is 3.17. The van der Waals surface area contributed by atoms with Gasteiger partial charge in [0.2, 0.25) is 5.91 Å². The number of nitrogens with zero attached hydrogens (tertiary/aromatic N) is 4. The van der Waals surface area contributed by atoms with E-state index in [0.717, 1.165) is 35.6 Å². The first-order chi connectivity index (χ1) is 16.1. The number of hydrogen-bond acceptors (Lipinski definition) is 6. The van der Waals surface area contributed by atoms with Gasteiger partial charge < -0.3 is 15.1 Å². The first-order valence-corrected chi connectivity index (χ1v) is 11.1. The predicted molar refractivity (Wildman–Crippen MR) is 126 cm³/mol. The van der Waals surface area contributed by atoms with Crippen LogP contribution in [0.4, 0.5) is 17.1 Å². The number of aromatic nitrogens is 1. The van der Waals surface area contributed by atoms with Crippen LogP contribution in [0.3, 0.4) is 0 Å². The molecule has 1 aromatic heterocycles. The highest BCUT2D eigenvalue weighted by Gasteiger charge is 2.42. The van der Waals surface area contributed by atoms with Crippen LogP contribution in [0.25, 0.3) is 0 Å². The van der Waals surface area contributed by atoms with Crippen molar-refractivity contribution >= 4 is 23.0 Å². The maximum absolute atomic E-state index is 13.4. The number of benzene rings is 2. The average molecular weight is 444 g/mol. The van der Waals surface area contributed by atoms with Crippen molar-refractivity contribution in [3.8, 4) is 0 Å². The lowest BCUT2D eigenvalue weighted by molar-refractivity contribution is -0.384. The van der Waals surface area contributed by atoms with E-state index >= 15 is 0 Å². The van der Waals surface area contributed by atoms with Crippen molar-refractivity contribution in [1.82, 2.24) is 10.3 Å². The Morgan fingerprint density at radius 3 is 2.73 bits per heavy atom. The summed E-state index contributed by atoms with van der Waals surface area (Å²) in [6.07, 6.45) is 3.91. The lowest BCUT2D eigenvalue weighted by Crippen LogP contribution is -2.61. The van der Waals surface area contributed by atoms with E-state index in [9.17, 15) is 14.9 Å². The number of amides is 1. The second kappa shape index (κ2) is 8.90. The molecule has 3 heterocycles. The molecular formula is C25H25N5O3. The van der Waals surface area contributed by atoms with Gasteiger partial charge in [0.25, 0.3) is 5.69 Å². The number of para-hydroxylation sites is 1. The molecule has 2 aliphatic rings. The van der Waals surface area contributed by atoms with Gasteiger partial charge >= 0.3 is 0 Å². The fourth-order valence-electron chi connectivity index (χ4n) is 4.92. The molecule has 1 fully saturated rings. The monoisotopic (exact) mass is 443 g/mol. The van der Waals surface area contributed by atoms with Crippen LogP contribution >= 0.6 is 0 Å². The number of fused-ring (bicyclic) bond motifs is 3. The van der Waals surface area contributed by atoms with Crippen LogP contribution in [0.5, 0.6) is 0 Å². The number of nitro benzene ring substituents is 1. The van der Waals surface area contributed by atoms with Gasteiger partial charge in [-0.15, -0.1) is 0 Å². The van der Waals surface area contributed by atoms with Gasteiger partial charge in [0.05, 0.1) is 16.9 Å². The second-order valence-electron chi connectivity index (χ2n) is 8.50. The molecule has 1 saturated heterocycles. The van der Waals surface area contributed by atoms with Gasteiger partial charge in [-0.1, -0.05) is 24.3 Å². The second-order valence-corrected chi connectivity index (χ2v) is 8.50. The third-order valence-electron chi connectivity index (χ3n) is 6.55. The molecule has 168 valence electrons. The maximum Gasteiger partial charge on any atom is 0.269 e. The summed E-state index contributed by atoms with van der Waals surface area (Å²) >= 11 is 0. The van der Waals surface area contributed by atoms with E-state index in [1.807, 2.05) is 36.4 Å². The van der Waals surface area contributed by atoms with Gasteiger partial charge in [-0.2, -0.15) is 0 Å². The standard InChI is InChI=1S/C25H25N5O3/c31-25(27-16-18-5-4-10-26-15-18)22-14-19-13-21(30(32)33)8-9-23(19)29-12-11-28(17-24(22)29)20-6-2-1-3-7-20/h1-10,13,15,22,24H,11-12,14,16-17H2,(H,27,31). The van der Waals surface area contributed by atoms with E-state index in [1.165, 1.54) is 0 Å². The van der Waals surface area contributed by atoms with Crippen LogP contribution in [0.2, 0.25) is 0 Å². The Morgan fingerprint density at radius 2 is 1.97 bits per heavy atom. The molecule has 3 aromatic rings. The zero-order chi connectivity index (χ0) is 22.8. The van der Waals surface area contributed by atoms with E-state index in [2.05, 4.69) is 32.2 Å². The van der Waals surface area contributed by atoms with E-state index in [4.69, 9.17) is 0 Å². The molecule has 0 spiro atoms. The first kappa shape index (κ1) is 20.9. The van der Waals surface area contributed by atoms with Crippen LogP contribution in [-0.2, 0) is 17.8 Å². The molecule has 1 N–H and O–H groups in total. The van der Waals surface area contributed by atoms with Gasteiger partial charge in [-0.05, 0) is 41.8 Å². The van der Waals surface area contributed by atoms with Crippen LogP contribution in [0.15, 0.2) is 73.1 Å². The minimum absolute atomic E-state index is 0.0261. The van der Waals surface area contributed by atoms with E-state index in [1.54, 1.807) is 24.5 Å². The van der Waals surface area contributed by atoms with Crippen LogP contribution in [-0.4, -0.2) is 41.5 Å². The quantitative estimate of drug-likeness (QED) is 0.481. The van der Waals surface area contributed by atoms with Crippen LogP contribution in [0.1, 0.15) is 11.1 Å². The Labute approximate surface area is 192 Å². The topological polar surface area (TPSA) is 91.6 Å². The minimum Gasteiger partial charge on any atom is -0.368 e. The molecule has 2 aromatic carbocycles. The first-order valence-electron chi connectivity index (χ1n) is 11.1. The summed E-state index contributed by atoms with van der Waals surface area (Å²) in [5, 5.41) is 14.4. The summed E-state index contributed by atoms with van der Waals surface area (Å²) < 4.78 is 0. The summed E-state index contributed by atoms with van der Waals surface area (Å²) in [4.78, 5) is 33.0. The Kier molecular flexibility index (Phi) is 5.64. The zero-order valence-electron chi connectivity index (χ0n) is 18.1. The molecule has 0 aliphatic carbocycles. The summed E-state index contributed by atoms with van der Waals surface area (Å²) in [6.45, 7) is 2.68. The number of piperazine rings is 1. The van der Waals surface area contributed by atoms with Crippen molar-refractivity contribution in [1.29, 1.82) is 0 Å². The molecule has 2 unspecified atom stereocenters. The number of anilines is 2. The average Bonchev–Trinajstić information content (AvgIpc) is 2.87. The third kappa shape index (κ3) is 4.24. The number of nitro groups is 1. The number of hydrogen-bond donors (Lipinski definition) is 1. The lowest BCUT2D eigenvalue weighted by Gasteiger charge is -2.49. The van der Waals surface area contributed by atoms with Crippen LogP contribution in [0, 0.1) is 16.0 Å². The smallest absolute Gasteiger partial charge is 0.269 e. The van der Waals surface area contributed by atoms with Gasteiger partial charge in [0, 0.05) is 62.1 Å². The highest BCUT2D eigenvalue weighted by atomic mass is 16.6. The largest absolute Gasteiger partial charge is 0.368 e. The SMILES string of the molecule is O=C(NCc1cccnc1)C1Cc2cc([N+](=O)[O-])ccc2N2CCN(c3ccccc3)CC12. The molecule has 5 rings (SSSR count). The molecule has 33 heavy (non-hydrogen) atoms. The third-order valence-corrected chi connectivity index (χ3v) is 6.55. The van der Waals surface area contributed by atoms with E-state index in [-0.39, 0.29) is 28.5 Å². The highest BCUT2D eigenvalue weighted by molar-refractivity contribution is 5.82. The molecule has 0 saturated carbocycles. The normalized spacial score (nSPS) is 19.4.